The molecule has 1 saturated heterocycles. The van der Waals surface area contributed by atoms with Gasteiger partial charge in [0.1, 0.15) is 6.10 Å². The zero-order valence-corrected chi connectivity index (χ0v) is 13.1. The summed E-state index contributed by atoms with van der Waals surface area (Å²) in [6.07, 6.45) is 12.5. The van der Waals surface area contributed by atoms with Gasteiger partial charge in [-0.3, -0.25) is 4.79 Å². The first-order chi connectivity index (χ1) is 10.3. The summed E-state index contributed by atoms with van der Waals surface area (Å²) in [7, 11) is 0. The van der Waals surface area contributed by atoms with Gasteiger partial charge in [0, 0.05) is 13.1 Å². The van der Waals surface area contributed by atoms with Crippen LogP contribution in [0.3, 0.4) is 0 Å². The van der Waals surface area contributed by atoms with Crippen molar-refractivity contribution in [2.24, 2.45) is 11.8 Å². The third-order valence-corrected chi connectivity index (χ3v) is 5.43. The van der Waals surface area contributed by atoms with Crippen molar-refractivity contribution in [2.45, 2.75) is 76.5 Å². The summed E-state index contributed by atoms with van der Waals surface area (Å²) in [5, 5.41) is 7.20. The predicted molar refractivity (Wildman–Crippen MR) is 82.8 cm³/mol. The Labute approximate surface area is 128 Å². The van der Waals surface area contributed by atoms with E-state index >= 15 is 0 Å². The van der Waals surface area contributed by atoms with E-state index in [2.05, 4.69) is 10.6 Å². The van der Waals surface area contributed by atoms with E-state index in [-0.39, 0.29) is 12.1 Å². The second-order valence-corrected chi connectivity index (χ2v) is 7.16. The Morgan fingerprint density at radius 3 is 2.19 bits per heavy atom. The molecule has 1 heterocycles. The molecule has 0 aromatic heterocycles. The lowest BCUT2D eigenvalue weighted by Crippen LogP contribution is -2.56. The maximum Gasteiger partial charge on any atom is 0.306 e. The SMILES string of the molecule is O=C(CC1CNC(C2CCCC2)NC1)OC1CCCCC1. The van der Waals surface area contributed by atoms with Crippen molar-refractivity contribution in [1.82, 2.24) is 10.6 Å². The topological polar surface area (TPSA) is 50.4 Å². The number of hydrogen-bond donors (Lipinski definition) is 2. The Morgan fingerprint density at radius 1 is 0.905 bits per heavy atom. The van der Waals surface area contributed by atoms with E-state index in [4.69, 9.17) is 4.74 Å². The summed E-state index contributed by atoms with van der Waals surface area (Å²) in [6, 6.07) is 0. The van der Waals surface area contributed by atoms with Gasteiger partial charge in [0.2, 0.25) is 0 Å². The number of ether oxygens (including phenoxy) is 1. The number of nitrogens with one attached hydrogen (secondary N) is 2. The van der Waals surface area contributed by atoms with E-state index in [0.717, 1.165) is 31.8 Å². The van der Waals surface area contributed by atoms with Crippen LogP contribution in [0.4, 0.5) is 0 Å². The Balaban J connectivity index is 1.35. The Hall–Kier alpha value is -0.610. The lowest BCUT2D eigenvalue weighted by Gasteiger charge is -2.34. The summed E-state index contributed by atoms with van der Waals surface area (Å²) < 4.78 is 5.63. The molecule has 3 fully saturated rings. The quantitative estimate of drug-likeness (QED) is 0.783. The van der Waals surface area contributed by atoms with Gasteiger partial charge < -0.3 is 15.4 Å². The van der Waals surface area contributed by atoms with Gasteiger partial charge in [-0.2, -0.15) is 0 Å². The van der Waals surface area contributed by atoms with Crippen molar-refractivity contribution in [3.63, 3.8) is 0 Å². The lowest BCUT2D eigenvalue weighted by atomic mass is 9.96. The molecule has 2 aliphatic carbocycles. The van der Waals surface area contributed by atoms with E-state index in [1.54, 1.807) is 0 Å². The largest absolute Gasteiger partial charge is 0.462 e. The zero-order valence-electron chi connectivity index (χ0n) is 13.1. The van der Waals surface area contributed by atoms with Gasteiger partial charge in [-0.25, -0.2) is 0 Å². The minimum atomic E-state index is 0.00909. The standard InChI is InChI=1S/C17H30N2O2/c20-16(21-15-8-2-1-3-9-15)10-13-11-18-17(19-12-13)14-6-4-5-7-14/h13-15,17-19H,1-12H2. The summed E-state index contributed by atoms with van der Waals surface area (Å²) in [6.45, 7) is 1.90. The summed E-state index contributed by atoms with van der Waals surface area (Å²) in [4.78, 5) is 12.0. The highest BCUT2D eigenvalue weighted by atomic mass is 16.5. The number of rotatable bonds is 4. The van der Waals surface area contributed by atoms with E-state index in [1.807, 2.05) is 0 Å². The molecule has 0 spiro atoms. The fraction of sp³-hybridized carbons (Fsp3) is 0.941. The zero-order chi connectivity index (χ0) is 14.5. The fourth-order valence-electron chi connectivity index (χ4n) is 4.15. The molecule has 0 amide bonds. The number of esters is 1. The first kappa shape index (κ1) is 15.3. The average molecular weight is 294 g/mol. The van der Waals surface area contributed by atoms with Gasteiger partial charge in [0.25, 0.3) is 0 Å². The third kappa shape index (κ3) is 4.43. The van der Waals surface area contributed by atoms with Gasteiger partial charge in [-0.1, -0.05) is 19.3 Å². The van der Waals surface area contributed by atoms with Gasteiger partial charge in [-0.05, 0) is 50.4 Å². The molecule has 4 nitrogen and oxygen atoms in total. The molecule has 0 aromatic carbocycles. The number of carbonyl (C=O) groups is 1. The molecule has 120 valence electrons. The van der Waals surface area contributed by atoms with E-state index in [0.29, 0.717) is 18.5 Å². The van der Waals surface area contributed by atoms with Gasteiger partial charge in [-0.15, -0.1) is 0 Å². The Bertz CT molecular complexity index is 328. The molecule has 3 rings (SSSR count). The van der Waals surface area contributed by atoms with Crippen LogP contribution in [-0.4, -0.2) is 31.3 Å². The van der Waals surface area contributed by atoms with Crippen molar-refractivity contribution in [3.8, 4) is 0 Å². The van der Waals surface area contributed by atoms with Gasteiger partial charge >= 0.3 is 5.97 Å². The van der Waals surface area contributed by atoms with Crippen LogP contribution in [0, 0.1) is 11.8 Å². The lowest BCUT2D eigenvalue weighted by molar-refractivity contribution is -0.151. The highest BCUT2D eigenvalue weighted by Crippen LogP contribution is 2.28. The fourth-order valence-corrected chi connectivity index (χ4v) is 4.15. The van der Waals surface area contributed by atoms with Gasteiger partial charge in [0.15, 0.2) is 0 Å². The predicted octanol–water partition coefficient (Wildman–Crippen LogP) is 2.58. The van der Waals surface area contributed by atoms with Crippen molar-refractivity contribution in [1.29, 1.82) is 0 Å². The first-order valence-electron chi connectivity index (χ1n) is 8.97. The molecular weight excluding hydrogens is 264 g/mol. The highest BCUT2D eigenvalue weighted by Gasteiger charge is 2.30. The molecule has 0 unspecified atom stereocenters. The van der Waals surface area contributed by atoms with Crippen LogP contribution >= 0.6 is 0 Å². The summed E-state index contributed by atoms with van der Waals surface area (Å²) in [5.74, 6) is 1.19. The Kier molecular flexibility index (Phi) is 5.53. The number of hydrogen-bond acceptors (Lipinski definition) is 4. The minimum Gasteiger partial charge on any atom is -0.462 e. The van der Waals surface area contributed by atoms with Crippen molar-refractivity contribution in [2.75, 3.05) is 13.1 Å². The molecule has 3 aliphatic rings. The minimum absolute atomic E-state index is 0.00909. The normalized spacial score (nSPS) is 32.2. The summed E-state index contributed by atoms with van der Waals surface area (Å²) >= 11 is 0. The average Bonchev–Trinajstić information content (AvgIpc) is 3.03. The molecule has 1 aliphatic heterocycles. The van der Waals surface area contributed by atoms with E-state index < -0.39 is 0 Å². The monoisotopic (exact) mass is 294 g/mol. The van der Waals surface area contributed by atoms with Crippen LogP contribution in [0.25, 0.3) is 0 Å². The molecule has 4 heteroatoms. The van der Waals surface area contributed by atoms with Crippen molar-refractivity contribution < 1.29 is 9.53 Å². The Morgan fingerprint density at radius 2 is 1.52 bits per heavy atom. The maximum atomic E-state index is 12.0. The molecular formula is C17H30N2O2. The van der Waals surface area contributed by atoms with Crippen LogP contribution in [0.1, 0.15) is 64.2 Å². The summed E-state index contributed by atoms with van der Waals surface area (Å²) in [5.41, 5.74) is 0. The van der Waals surface area contributed by atoms with Crippen LogP contribution in [0.2, 0.25) is 0 Å². The maximum absolute atomic E-state index is 12.0. The second kappa shape index (κ2) is 7.59. The van der Waals surface area contributed by atoms with Crippen LogP contribution in [-0.2, 0) is 9.53 Å². The van der Waals surface area contributed by atoms with Crippen LogP contribution in [0.5, 0.6) is 0 Å². The van der Waals surface area contributed by atoms with E-state index in [1.165, 1.54) is 44.9 Å². The molecule has 0 atom stereocenters. The smallest absolute Gasteiger partial charge is 0.306 e. The van der Waals surface area contributed by atoms with E-state index in [9.17, 15) is 4.79 Å². The molecule has 0 bridgehead atoms. The van der Waals surface area contributed by atoms with Crippen LogP contribution < -0.4 is 10.6 Å². The number of carbonyl (C=O) groups excluding carboxylic acids is 1. The molecule has 0 aromatic rings. The van der Waals surface area contributed by atoms with Crippen molar-refractivity contribution >= 4 is 5.97 Å². The van der Waals surface area contributed by atoms with Gasteiger partial charge in [0.05, 0.1) is 12.6 Å². The molecule has 2 saturated carbocycles. The molecule has 2 N–H and O–H groups in total. The third-order valence-electron chi connectivity index (χ3n) is 5.43. The van der Waals surface area contributed by atoms with Crippen molar-refractivity contribution in [3.05, 3.63) is 0 Å². The first-order valence-corrected chi connectivity index (χ1v) is 8.97. The van der Waals surface area contributed by atoms with Crippen LogP contribution in [0.15, 0.2) is 0 Å². The molecule has 0 radical (unpaired) electrons. The molecule has 21 heavy (non-hydrogen) atoms. The highest BCUT2D eigenvalue weighted by molar-refractivity contribution is 5.70. The second-order valence-electron chi connectivity index (χ2n) is 7.16.